The Hall–Kier alpha value is 0. The van der Waals surface area contributed by atoms with E-state index in [-0.39, 0.29) is 0 Å². The number of rotatable bonds is 4. The van der Waals surface area contributed by atoms with E-state index in [4.69, 9.17) is 0 Å². The standard InChI is InChI=1S/C10H19/c1-8(2)6-10(5)7-9(3)4/h6-7H2,1-5H3. The molecule has 0 aromatic rings. The van der Waals surface area contributed by atoms with Crippen LogP contribution < -0.4 is 0 Å². The molecule has 0 nitrogen and oxygen atoms in total. The zero-order valence-corrected chi connectivity index (χ0v) is 7.91. The quantitative estimate of drug-likeness (QED) is 0.558. The van der Waals surface area contributed by atoms with Crippen molar-refractivity contribution >= 4 is 0 Å². The van der Waals surface area contributed by atoms with Gasteiger partial charge in [0, 0.05) is 0 Å². The van der Waals surface area contributed by atoms with Crippen molar-refractivity contribution in [3.63, 3.8) is 0 Å². The largest absolute Gasteiger partial charge is 0.0594 e. The third-order valence-corrected chi connectivity index (χ3v) is 1.31. The topological polar surface area (TPSA) is 0 Å². The lowest BCUT2D eigenvalue weighted by Crippen LogP contribution is -1.99. The van der Waals surface area contributed by atoms with Crippen LogP contribution in [0.1, 0.15) is 47.5 Å². The van der Waals surface area contributed by atoms with Crippen LogP contribution in [0.2, 0.25) is 0 Å². The molecule has 0 atom stereocenters. The van der Waals surface area contributed by atoms with Crippen molar-refractivity contribution in [3.05, 3.63) is 17.8 Å². The van der Waals surface area contributed by atoms with E-state index in [0.717, 1.165) is 0 Å². The van der Waals surface area contributed by atoms with Crippen LogP contribution in [0.3, 0.4) is 0 Å². The van der Waals surface area contributed by atoms with E-state index in [0.29, 0.717) is 0 Å². The number of hydrogen-bond acceptors (Lipinski definition) is 0. The minimum absolute atomic E-state index is 1.20. The van der Waals surface area contributed by atoms with E-state index < -0.39 is 0 Å². The molecular formula is C10H19. The molecule has 0 bridgehead atoms. The summed E-state index contributed by atoms with van der Waals surface area (Å²) in [4.78, 5) is 0. The zero-order chi connectivity index (χ0) is 8.15. The highest BCUT2D eigenvalue weighted by molar-refractivity contribution is 5.01. The fraction of sp³-hybridized carbons (Fsp3) is 0.700. The molecule has 10 heavy (non-hydrogen) atoms. The van der Waals surface area contributed by atoms with Crippen LogP contribution >= 0.6 is 0 Å². The van der Waals surface area contributed by atoms with Gasteiger partial charge in [-0.1, -0.05) is 34.6 Å². The van der Waals surface area contributed by atoms with Gasteiger partial charge in [-0.2, -0.15) is 0 Å². The first-order valence-corrected chi connectivity index (χ1v) is 3.91. The van der Waals surface area contributed by atoms with Crippen molar-refractivity contribution in [2.75, 3.05) is 0 Å². The van der Waals surface area contributed by atoms with Crippen molar-refractivity contribution in [2.24, 2.45) is 0 Å². The summed E-state index contributed by atoms with van der Waals surface area (Å²) in [5.41, 5.74) is 0. The van der Waals surface area contributed by atoms with E-state index in [9.17, 15) is 0 Å². The maximum atomic E-state index is 2.24. The van der Waals surface area contributed by atoms with Crippen LogP contribution in [0.15, 0.2) is 0 Å². The first-order chi connectivity index (χ1) is 4.52. The maximum absolute atomic E-state index is 2.24. The summed E-state index contributed by atoms with van der Waals surface area (Å²) < 4.78 is 0. The third-order valence-electron chi connectivity index (χ3n) is 1.31. The van der Waals surface area contributed by atoms with Crippen LogP contribution in [0, 0.1) is 17.8 Å². The average Bonchev–Trinajstić information content (AvgIpc) is 1.58. The van der Waals surface area contributed by atoms with Gasteiger partial charge in [0.25, 0.3) is 0 Å². The van der Waals surface area contributed by atoms with E-state index in [2.05, 4.69) is 34.6 Å². The van der Waals surface area contributed by atoms with E-state index in [1.165, 1.54) is 24.7 Å². The smallest absolute Gasteiger partial charge is 0.0261 e. The monoisotopic (exact) mass is 139 g/mol. The highest BCUT2D eigenvalue weighted by atomic mass is 14.1. The van der Waals surface area contributed by atoms with Crippen molar-refractivity contribution in [1.82, 2.24) is 0 Å². The van der Waals surface area contributed by atoms with Gasteiger partial charge in [-0.25, -0.2) is 0 Å². The van der Waals surface area contributed by atoms with Gasteiger partial charge in [0.05, 0.1) is 0 Å². The Morgan fingerprint density at radius 1 is 0.700 bits per heavy atom. The van der Waals surface area contributed by atoms with Crippen molar-refractivity contribution < 1.29 is 0 Å². The fourth-order valence-electron chi connectivity index (χ4n) is 1.27. The van der Waals surface area contributed by atoms with E-state index >= 15 is 0 Å². The molecule has 0 N–H and O–H groups in total. The maximum Gasteiger partial charge on any atom is -0.0261 e. The van der Waals surface area contributed by atoms with Crippen molar-refractivity contribution in [1.29, 1.82) is 0 Å². The lowest BCUT2D eigenvalue weighted by molar-refractivity contribution is 0.741. The summed E-state index contributed by atoms with van der Waals surface area (Å²) in [6.45, 7) is 11.0. The van der Waals surface area contributed by atoms with Gasteiger partial charge in [-0.05, 0) is 30.6 Å². The van der Waals surface area contributed by atoms with Gasteiger partial charge in [0.2, 0.25) is 0 Å². The molecule has 0 aliphatic carbocycles. The molecule has 59 valence electrons. The lowest BCUT2D eigenvalue weighted by atomic mass is 9.91. The summed E-state index contributed by atoms with van der Waals surface area (Å²) in [5.74, 6) is 4.61. The third kappa shape index (κ3) is 6.12. The molecule has 0 aliphatic heterocycles. The van der Waals surface area contributed by atoms with Crippen molar-refractivity contribution in [3.8, 4) is 0 Å². The second-order valence-electron chi connectivity index (χ2n) is 3.72. The molecule has 0 saturated heterocycles. The fourth-order valence-corrected chi connectivity index (χ4v) is 1.27. The van der Waals surface area contributed by atoms with E-state index in [1.54, 1.807) is 5.92 Å². The molecule has 0 unspecified atom stereocenters. The van der Waals surface area contributed by atoms with Gasteiger partial charge in [0.15, 0.2) is 0 Å². The zero-order valence-electron chi connectivity index (χ0n) is 7.91. The molecule has 0 amide bonds. The van der Waals surface area contributed by atoms with Crippen LogP contribution in [0.4, 0.5) is 0 Å². The SMILES string of the molecule is C[C](C)C[C](C)C[C](C)C. The highest BCUT2D eigenvalue weighted by Crippen LogP contribution is 2.22. The Balaban J connectivity index is 3.34. The molecular weight excluding hydrogens is 120 g/mol. The molecule has 0 fully saturated rings. The molecule has 0 aliphatic rings. The van der Waals surface area contributed by atoms with Gasteiger partial charge < -0.3 is 0 Å². The summed E-state index contributed by atoms with van der Waals surface area (Å²) in [5, 5.41) is 0. The van der Waals surface area contributed by atoms with Gasteiger partial charge in [-0.15, -0.1) is 0 Å². The van der Waals surface area contributed by atoms with Crippen molar-refractivity contribution in [2.45, 2.75) is 47.5 Å². The van der Waals surface area contributed by atoms with Crippen LogP contribution in [-0.2, 0) is 0 Å². The van der Waals surface area contributed by atoms with Gasteiger partial charge in [0.1, 0.15) is 0 Å². The average molecular weight is 139 g/mol. The summed E-state index contributed by atoms with van der Waals surface area (Å²) >= 11 is 0. The molecule has 0 heterocycles. The minimum Gasteiger partial charge on any atom is -0.0594 e. The Bertz CT molecular complexity index is 62.1. The Morgan fingerprint density at radius 2 is 1.00 bits per heavy atom. The van der Waals surface area contributed by atoms with E-state index in [1.807, 2.05) is 0 Å². The Kier molecular flexibility index (Phi) is 4.76. The summed E-state index contributed by atoms with van der Waals surface area (Å²) in [6, 6.07) is 0. The van der Waals surface area contributed by atoms with Gasteiger partial charge in [-0.3, -0.25) is 0 Å². The molecule has 0 heteroatoms. The second-order valence-corrected chi connectivity index (χ2v) is 3.72. The molecule has 3 radical (unpaired) electrons. The van der Waals surface area contributed by atoms with Crippen LogP contribution in [0.25, 0.3) is 0 Å². The first kappa shape index (κ1) is 10.0. The predicted octanol–water partition coefficient (Wildman–Crippen LogP) is 3.59. The first-order valence-electron chi connectivity index (χ1n) is 3.91. The molecule has 0 rings (SSSR count). The number of hydrogen-bond donors (Lipinski definition) is 0. The predicted molar refractivity (Wildman–Crippen MR) is 47.3 cm³/mol. The second kappa shape index (κ2) is 4.76. The molecule has 0 saturated carbocycles. The summed E-state index contributed by atoms with van der Waals surface area (Å²) in [7, 11) is 0. The van der Waals surface area contributed by atoms with Crippen LogP contribution in [0.5, 0.6) is 0 Å². The van der Waals surface area contributed by atoms with Crippen LogP contribution in [-0.4, -0.2) is 0 Å². The lowest BCUT2D eigenvalue weighted by Gasteiger charge is -2.14. The summed E-state index contributed by atoms with van der Waals surface area (Å²) in [6.07, 6.45) is 2.40. The molecule has 0 aromatic carbocycles. The normalized spacial score (nSPS) is 12.0. The minimum atomic E-state index is 1.20. The highest BCUT2D eigenvalue weighted by Gasteiger charge is 2.07. The Labute approximate surface area is 66.0 Å². The molecule has 0 aromatic heterocycles. The Morgan fingerprint density at radius 3 is 1.20 bits per heavy atom. The van der Waals surface area contributed by atoms with Gasteiger partial charge >= 0.3 is 0 Å². The molecule has 0 spiro atoms.